The second-order valence-electron chi connectivity index (χ2n) is 23.9. The van der Waals surface area contributed by atoms with E-state index in [-0.39, 0.29) is 18.5 Å². The molecule has 3 N–H and O–H groups in total. The molecule has 0 bridgehead atoms. The van der Waals surface area contributed by atoms with E-state index in [0.717, 1.165) is 44.9 Å². The fraction of sp³-hybridized carbons (Fsp3) is 0.914. The summed E-state index contributed by atoms with van der Waals surface area (Å²) in [4.78, 5) is 24.6. The number of aliphatic hydroxyl groups excluding tert-OH is 2. The number of esters is 1. The number of unbranched alkanes of at least 4 members (excludes halogenated alkanes) is 52. The van der Waals surface area contributed by atoms with Crippen LogP contribution in [-0.4, -0.2) is 47.4 Å². The van der Waals surface area contributed by atoms with Crippen LogP contribution in [0.15, 0.2) is 24.3 Å². The first-order chi connectivity index (χ1) is 37.5. The molecule has 0 radical (unpaired) electrons. The molecule has 0 aliphatic carbocycles. The van der Waals surface area contributed by atoms with Crippen molar-refractivity contribution >= 4 is 11.9 Å². The average molecular weight is 1070 g/mol. The maximum absolute atomic E-state index is 12.5. The number of carbonyl (C=O) groups is 2. The van der Waals surface area contributed by atoms with E-state index in [1.165, 1.54) is 315 Å². The standard InChI is InChI=1S/C70H135NO5/c1-3-5-7-9-11-13-15-17-19-21-22-23-24-25-26-28-31-34-38-42-46-50-54-58-62-68(73)67(66-72)71-69(74)63-59-55-51-47-43-39-35-32-29-27-30-33-37-41-45-49-53-57-61-65-76-70(75)64-60-56-52-48-44-40-36-20-18-16-14-12-10-8-6-4-2/h27,29,58,62,67-68,72-73H,3-26,28,30-57,59-61,63-66H2,1-2H3,(H,71,74)/b29-27-,62-58+. The van der Waals surface area contributed by atoms with Gasteiger partial charge in [0.2, 0.25) is 5.91 Å². The van der Waals surface area contributed by atoms with Crippen LogP contribution < -0.4 is 5.32 Å². The fourth-order valence-corrected chi connectivity index (χ4v) is 10.9. The number of nitrogens with one attached hydrogen (secondary N) is 1. The molecular weight excluding hydrogens is 935 g/mol. The Bertz CT molecular complexity index is 1190. The predicted octanol–water partition coefficient (Wildman–Crippen LogP) is 22.1. The monoisotopic (exact) mass is 1070 g/mol. The zero-order valence-corrected chi connectivity index (χ0v) is 51.5. The Kier molecular flexibility index (Phi) is 64.4. The number of ether oxygens (including phenoxy) is 1. The fourth-order valence-electron chi connectivity index (χ4n) is 10.9. The van der Waals surface area contributed by atoms with E-state index < -0.39 is 12.1 Å². The molecule has 0 aliphatic rings. The van der Waals surface area contributed by atoms with E-state index in [1.54, 1.807) is 6.08 Å². The molecule has 0 saturated carbocycles. The molecular formula is C70H135NO5. The van der Waals surface area contributed by atoms with E-state index in [4.69, 9.17) is 4.74 Å². The van der Waals surface area contributed by atoms with E-state index in [1.807, 2.05) is 6.08 Å². The summed E-state index contributed by atoms with van der Waals surface area (Å²) in [5, 5.41) is 23.3. The zero-order valence-electron chi connectivity index (χ0n) is 51.5. The smallest absolute Gasteiger partial charge is 0.305 e. The molecule has 0 rings (SSSR count). The van der Waals surface area contributed by atoms with Gasteiger partial charge in [-0.05, 0) is 57.8 Å². The Morgan fingerprint density at radius 3 is 0.934 bits per heavy atom. The molecule has 0 aromatic heterocycles. The van der Waals surface area contributed by atoms with Crippen LogP contribution >= 0.6 is 0 Å². The van der Waals surface area contributed by atoms with Gasteiger partial charge in [-0.2, -0.15) is 0 Å². The maximum Gasteiger partial charge on any atom is 0.305 e. The second-order valence-corrected chi connectivity index (χ2v) is 23.9. The summed E-state index contributed by atoms with van der Waals surface area (Å²) in [6.07, 6.45) is 82.4. The lowest BCUT2D eigenvalue weighted by Crippen LogP contribution is -2.45. The molecule has 2 unspecified atom stereocenters. The summed E-state index contributed by atoms with van der Waals surface area (Å²) in [5.41, 5.74) is 0. The largest absolute Gasteiger partial charge is 0.466 e. The zero-order chi connectivity index (χ0) is 55.0. The van der Waals surface area contributed by atoms with Crippen LogP contribution in [0.1, 0.15) is 386 Å². The second kappa shape index (κ2) is 65.9. The average Bonchev–Trinajstić information content (AvgIpc) is 3.42. The van der Waals surface area contributed by atoms with Crippen molar-refractivity contribution < 1.29 is 24.5 Å². The molecule has 0 aromatic rings. The molecule has 0 aliphatic heterocycles. The van der Waals surface area contributed by atoms with Crippen LogP contribution in [0.5, 0.6) is 0 Å². The minimum atomic E-state index is -0.852. The highest BCUT2D eigenvalue weighted by molar-refractivity contribution is 5.76. The molecule has 76 heavy (non-hydrogen) atoms. The van der Waals surface area contributed by atoms with Crippen molar-refractivity contribution in [3.8, 4) is 0 Å². The van der Waals surface area contributed by atoms with Gasteiger partial charge in [0.05, 0.1) is 25.4 Å². The van der Waals surface area contributed by atoms with Crippen molar-refractivity contribution in [3.05, 3.63) is 24.3 Å². The third-order valence-corrected chi connectivity index (χ3v) is 16.2. The van der Waals surface area contributed by atoms with Gasteiger partial charge < -0.3 is 20.3 Å². The van der Waals surface area contributed by atoms with Gasteiger partial charge in [-0.25, -0.2) is 0 Å². The predicted molar refractivity (Wildman–Crippen MR) is 333 cm³/mol. The quantitative estimate of drug-likeness (QED) is 0.0320. The van der Waals surface area contributed by atoms with E-state index in [9.17, 15) is 19.8 Å². The lowest BCUT2D eigenvalue weighted by atomic mass is 10.0. The Balaban J connectivity index is 3.45. The molecule has 450 valence electrons. The van der Waals surface area contributed by atoms with Crippen LogP contribution in [0.4, 0.5) is 0 Å². The van der Waals surface area contributed by atoms with E-state index in [2.05, 4.69) is 31.3 Å². The number of allylic oxidation sites excluding steroid dienone is 3. The van der Waals surface area contributed by atoms with Gasteiger partial charge in [0, 0.05) is 12.8 Å². The van der Waals surface area contributed by atoms with Gasteiger partial charge in [-0.1, -0.05) is 340 Å². The summed E-state index contributed by atoms with van der Waals surface area (Å²) < 4.78 is 5.49. The summed E-state index contributed by atoms with van der Waals surface area (Å²) in [6.45, 7) is 4.93. The van der Waals surface area contributed by atoms with Crippen LogP contribution in [0.2, 0.25) is 0 Å². The summed E-state index contributed by atoms with van der Waals surface area (Å²) in [6, 6.07) is -0.636. The van der Waals surface area contributed by atoms with Gasteiger partial charge in [0.15, 0.2) is 0 Å². The van der Waals surface area contributed by atoms with Gasteiger partial charge >= 0.3 is 5.97 Å². The molecule has 6 nitrogen and oxygen atoms in total. The van der Waals surface area contributed by atoms with E-state index >= 15 is 0 Å². The van der Waals surface area contributed by atoms with Crippen molar-refractivity contribution in [2.45, 2.75) is 398 Å². The van der Waals surface area contributed by atoms with Gasteiger partial charge in [0.25, 0.3) is 0 Å². The first kappa shape index (κ1) is 74.3. The highest BCUT2D eigenvalue weighted by Gasteiger charge is 2.18. The Labute approximate surface area is 475 Å². The number of hydrogen-bond donors (Lipinski definition) is 3. The van der Waals surface area contributed by atoms with Gasteiger partial charge in [-0.3, -0.25) is 9.59 Å². The molecule has 0 saturated heterocycles. The summed E-state index contributed by atoms with van der Waals surface area (Å²) in [5.74, 6) is -0.0658. The molecule has 0 heterocycles. The van der Waals surface area contributed by atoms with Crippen molar-refractivity contribution in [1.82, 2.24) is 5.32 Å². The highest BCUT2D eigenvalue weighted by atomic mass is 16.5. The molecule has 0 aromatic carbocycles. The number of amides is 1. The Hall–Kier alpha value is -1.66. The van der Waals surface area contributed by atoms with E-state index in [0.29, 0.717) is 19.4 Å². The molecule has 6 heteroatoms. The Morgan fingerprint density at radius 2 is 0.618 bits per heavy atom. The van der Waals surface area contributed by atoms with Crippen molar-refractivity contribution in [2.24, 2.45) is 0 Å². The van der Waals surface area contributed by atoms with Crippen molar-refractivity contribution in [3.63, 3.8) is 0 Å². The molecule has 1 amide bonds. The first-order valence-electron chi connectivity index (χ1n) is 34.6. The highest BCUT2D eigenvalue weighted by Crippen LogP contribution is 2.18. The summed E-state index contributed by atoms with van der Waals surface area (Å²) in [7, 11) is 0. The van der Waals surface area contributed by atoms with Gasteiger partial charge in [-0.15, -0.1) is 0 Å². The normalized spacial score (nSPS) is 12.6. The van der Waals surface area contributed by atoms with Crippen LogP contribution in [0.3, 0.4) is 0 Å². The number of rotatable bonds is 65. The van der Waals surface area contributed by atoms with Crippen molar-refractivity contribution in [1.29, 1.82) is 0 Å². The van der Waals surface area contributed by atoms with Crippen LogP contribution in [0.25, 0.3) is 0 Å². The number of hydrogen-bond acceptors (Lipinski definition) is 5. The minimum absolute atomic E-state index is 0.00757. The lowest BCUT2D eigenvalue weighted by Gasteiger charge is -2.20. The number of aliphatic hydroxyl groups is 2. The van der Waals surface area contributed by atoms with Crippen LogP contribution in [0, 0.1) is 0 Å². The minimum Gasteiger partial charge on any atom is -0.466 e. The first-order valence-corrected chi connectivity index (χ1v) is 34.6. The topological polar surface area (TPSA) is 95.9 Å². The molecule has 0 fully saturated rings. The third kappa shape index (κ3) is 61.6. The summed E-state index contributed by atoms with van der Waals surface area (Å²) >= 11 is 0. The van der Waals surface area contributed by atoms with Crippen LogP contribution in [-0.2, 0) is 14.3 Å². The molecule has 0 spiro atoms. The SMILES string of the molecule is CCCCCCCCCCCCCCCCCCCCCCCC/C=C/C(O)C(CO)NC(=O)CCCCCCCCC/C=C\CCCCCCCCCCOC(=O)CCCCCCCCCCCCCCCCCC. The van der Waals surface area contributed by atoms with Gasteiger partial charge in [0.1, 0.15) is 0 Å². The number of carbonyl (C=O) groups excluding carboxylic acids is 2. The molecule has 2 atom stereocenters. The maximum atomic E-state index is 12.5. The van der Waals surface area contributed by atoms with Crippen molar-refractivity contribution in [2.75, 3.05) is 13.2 Å². The third-order valence-electron chi connectivity index (χ3n) is 16.2. The Morgan fingerprint density at radius 1 is 0.355 bits per heavy atom. The lowest BCUT2D eigenvalue weighted by molar-refractivity contribution is -0.143.